The average Bonchev–Trinajstić information content (AvgIpc) is 2.82. The smallest absolute Gasteiger partial charge is 0.550 e. The average molecular weight is 468 g/mol. The number of nitrogens with zero attached hydrogens (tertiary/aromatic N) is 2. The van der Waals surface area contributed by atoms with Crippen molar-refractivity contribution in [3.05, 3.63) is 60.2 Å². The third-order valence-corrected chi connectivity index (χ3v) is 4.91. The number of aliphatic carboxylic acids is 1. The molecule has 0 saturated heterocycles. The van der Waals surface area contributed by atoms with Crippen LogP contribution in [0.25, 0.3) is 22.4 Å². The van der Waals surface area contributed by atoms with E-state index in [1.807, 2.05) is 18.2 Å². The van der Waals surface area contributed by atoms with Crippen molar-refractivity contribution in [2.75, 3.05) is 18.2 Å². The summed E-state index contributed by atoms with van der Waals surface area (Å²) in [6.45, 7) is 0. The Morgan fingerprint density at radius 1 is 1.21 bits per heavy atom. The molecule has 0 aliphatic heterocycles. The quantitative estimate of drug-likeness (QED) is 0.344. The van der Waals surface area contributed by atoms with Gasteiger partial charge in [-0.1, -0.05) is 24.3 Å². The van der Waals surface area contributed by atoms with Gasteiger partial charge in [0.1, 0.15) is 29.3 Å². The maximum absolute atomic E-state index is 12.2. The summed E-state index contributed by atoms with van der Waals surface area (Å²) >= 11 is 0. The molecule has 1 aromatic heterocycles. The SMILES string of the molecule is COc1ccccc1-c1cc(-c2cccc(NC(=O)C(O)CCC(=O)[O-])c2)c(C#N)c(N)n1.[Na+]. The van der Waals surface area contributed by atoms with Crippen LogP contribution in [0.5, 0.6) is 5.75 Å². The second kappa shape index (κ2) is 12.2. The van der Waals surface area contributed by atoms with Crippen molar-refractivity contribution < 1.29 is 54.1 Å². The number of nitrogens with one attached hydrogen (secondary N) is 1. The van der Waals surface area contributed by atoms with Crippen molar-refractivity contribution in [1.82, 2.24) is 4.98 Å². The van der Waals surface area contributed by atoms with Crippen LogP contribution in [-0.4, -0.2) is 35.2 Å². The molecule has 1 atom stereocenters. The number of nitrogen functional groups attached to an aromatic ring is 1. The summed E-state index contributed by atoms with van der Waals surface area (Å²) in [5.41, 5.74) is 8.89. The minimum Gasteiger partial charge on any atom is -0.550 e. The Balaban J connectivity index is 0.00000408. The minimum atomic E-state index is -1.50. The van der Waals surface area contributed by atoms with E-state index in [-0.39, 0.29) is 47.4 Å². The van der Waals surface area contributed by atoms with Crippen LogP contribution >= 0.6 is 0 Å². The van der Waals surface area contributed by atoms with Crippen molar-refractivity contribution in [2.24, 2.45) is 0 Å². The normalized spacial score (nSPS) is 11.0. The molecule has 1 unspecified atom stereocenters. The fraction of sp³-hybridized carbons (Fsp3) is 0.167. The number of aliphatic hydroxyl groups excluding tert-OH is 1. The minimum absolute atomic E-state index is 0. The Hall–Kier alpha value is -3.42. The molecule has 2 aromatic carbocycles. The van der Waals surface area contributed by atoms with Crippen molar-refractivity contribution in [2.45, 2.75) is 18.9 Å². The number of carboxylic acids is 1. The summed E-state index contributed by atoms with van der Waals surface area (Å²) in [5, 5.41) is 32.6. The molecular formula is C24H21N4NaO5. The standard InChI is InChI=1S/C24H22N4O5.Na/c1-33-21-8-3-2-7-16(21)19-12-17(18(13-25)23(26)28-19)14-5-4-6-15(11-14)27-24(32)20(29)9-10-22(30)31;/h2-8,11-12,20,29H,9-10H2,1H3,(H2,26,28)(H,27,32)(H,30,31);/q;+1/p-1. The number of benzene rings is 2. The van der Waals surface area contributed by atoms with Gasteiger partial charge in [-0.05, 0) is 48.7 Å². The number of amides is 1. The molecule has 3 aromatic rings. The molecule has 0 fully saturated rings. The van der Waals surface area contributed by atoms with E-state index >= 15 is 0 Å². The van der Waals surface area contributed by atoms with Gasteiger partial charge in [-0.25, -0.2) is 4.98 Å². The summed E-state index contributed by atoms with van der Waals surface area (Å²) in [7, 11) is 1.54. The number of pyridine rings is 1. The monoisotopic (exact) mass is 468 g/mol. The molecule has 34 heavy (non-hydrogen) atoms. The molecule has 1 heterocycles. The topological polar surface area (TPSA) is 161 Å². The number of methoxy groups -OCH3 is 1. The van der Waals surface area contributed by atoms with Crippen LogP contribution in [-0.2, 0) is 9.59 Å². The van der Waals surface area contributed by atoms with Crippen LogP contribution in [0.2, 0.25) is 0 Å². The van der Waals surface area contributed by atoms with Crippen molar-refractivity contribution >= 4 is 23.4 Å². The Kier molecular flexibility index (Phi) is 9.59. The number of carbonyl (C=O) groups excluding carboxylic acids is 2. The third-order valence-electron chi connectivity index (χ3n) is 4.91. The zero-order valence-corrected chi connectivity index (χ0v) is 20.7. The summed E-state index contributed by atoms with van der Waals surface area (Å²) in [5.74, 6) is -1.47. The first kappa shape index (κ1) is 26.8. The Labute approximate surface area is 218 Å². The van der Waals surface area contributed by atoms with Crippen molar-refractivity contribution in [3.8, 4) is 34.2 Å². The van der Waals surface area contributed by atoms with Gasteiger partial charge >= 0.3 is 29.6 Å². The van der Waals surface area contributed by atoms with E-state index in [0.29, 0.717) is 33.8 Å². The molecule has 10 heteroatoms. The molecule has 168 valence electrons. The second-order valence-corrected chi connectivity index (χ2v) is 7.12. The first-order chi connectivity index (χ1) is 15.8. The van der Waals surface area contributed by atoms with Gasteiger partial charge in [0.05, 0.1) is 12.8 Å². The first-order valence-electron chi connectivity index (χ1n) is 9.97. The maximum atomic E-state index is 12.2. The number of carboxylic acid groups (broad SMARTS) is 1. The summed E-state index contributed by atoms with van der Waals surface area (Å²) in [4.78, 5) is 27.1. The van der Waals surface area contributed by atoms with Crippen molar-refractivity contribution in [3.63, 3.8) is 0 Å². The fourth-order valence-corrected chi connectivity index (χ4v) is 3.28. The number of anilines is 2. The van der Waals surface area contributed by atoms with Gasteiger partial charge in [-0.3, -0.25) is 4.79 Å². The Morgan fingerprint density at radius 3 is 2.62 bits per heavy atom. The Morgan fingerprint density at radius 2 is 1.94 bits per heavy atom. The molecule has 0 bridgehead atoms. The summed E-state index contributed by atoms with van der Waals surface area (Å²) < 4.78 is 5.40. The molecule has 0 radical (unpaired) electrons. The molecule has 0 aliphatic rings. The number of nitrogens with two attached hydrogens (primary N) is 1. The zero-order chi connectivity index (χ0) is 24.0. The predicted molar refractivity (Wildman–Crippen MR) is 120 cm³/mol. The summed E-state index contributed by atoms with van der Waals surface area (Å²) in [6.07, 6.45) is -2.22. The number of para-hydroxylation sites is 1. The number of carbonyl (C=O) groups is 2. The van der Waals surface area contributed by atoms with Gasteiger partial charge in [0.25, 0.3) is 5.91 Å². The van der Waals surface area contributed by atoms with Gasteiger partial charge in [-0.15, -0.1) is 0 Å². The van der Waals surface area contributed by atoms with Crippen LogP contribution in [0.1, 0.15) is 18.4 Å². The molecule has 3 rings (SSSR count). The van der Waals surface area contributed by atoms with Crippen molar-refractivity contribution in [1.29, 1.82) is 5.26 Å². The van der Waals surface area contributed by atoms with E-state index in [0.717, 1.165) is 0 Å². The van der Waals surface area contributed by atoms with E-state index in [1.165, 1.54) is 0 Å². The van der Waals surface area contributed by atoms with E-state index in [2.05, 4.69) is 16.4 Å². The molecule has 9 nitrogen and oxygen atoms in total. The number of nitriles is 1. The Bertz CT molecular complexity index is 1240. The molecule has 0 spiro atoms. The number of aromatic nitrogens is 1. The molecule has 0 aliphatic carbocycles. The van der Waals surface area contributed by atoms with Gasteiger partial charge in [0.15, 0.2) is 0 Å². The molecular weight excluding hydrogens is 447 g/mol. The van der Waals surface area contributed by atoms with Crippen LogP contribution in [0.15, 0.2) is 54.6 Å². The first-order valence-corrected chi connectivity index (χ1v) is 9.97. The number of ether oxygens (including phenoxy) is 1. The molecule has 1 amide bonds. The van der Waals surface area contributed by atoms with Crippen LogP contribution < -0.4 is 50.5 Å². The second-order valence-electron chi connectivity index (χ2n) is 7.12. The zero-order valence-electron chi connectivity index (χ0n) is 18.7. The van der Waals surface area contributed by atoms with E-state index < -0.39 is 24.4 Å². The largest absolute Gasteiger partial charge is 1.00 e. The van der Waals surface area contributed by atoms with Crippen LogP contribution in [0.3, 0.4) is 0 Å². The molecule has 4 N–H and O–H groups in total. The van der Waals surface area contributed by atoms with E-state index in [4.69, 9.17) is 10.5 Å². The van der Waals surface area contributed by atoms with Crippen LogP contribution in [0.4, 0.5) is 11.5 Å². The van der Waals surface area contributed by atoms with E-state index in [9.17, 15) is 25.1 Å². The number of hydrogen-bond acceptors (Lipinski definition) is 8. The maximum Gasteiger partial charge on any atom is 1.00 e. The van der Waals surface area contributed by atoms with Gasteiger partial charge in [0, 0.05) is 22.8 Å². The number of aliphatic hydroxyl groups is 1. The number of hydrogen-bond donors (Lipinski definition) is 3. The third kappa shape index (κ3) is 6.34. The summed E-state index contributed by atoms with van der Waals surface area (Å²) in [6, 6.07) is 17.7. The predicted octanol–water partition coefficient (Wildman–Crippen LogP) is -1.29. The van der Waals surface area contributed by atoms with Gasteiger partial charge in [0.2, 0.25) is 0 Å². The fourth-order valence-electron chi connectivity index (χ4n) is 3.28. The van der Waals surface area contributed by atoms with Gasteiger partial charge < -0.3 is 30.8 Å². The molecule has 0 saturated carbocycles. The van der Waals surface area contributed by atoms with E-state index in [1.54, 1.807) is 43.5 Å². The number of rotatable bonds is 8. The van der Waals surface area contributed by atoms with Gasteiger partial charge in [-0.2, -0.15) is 5.26 Å². The van der Waals surface area contributed by atoms with Crippen LogP contribution in [0, 0.1) is 11.3 Å².